The van der Waals surface area contributed by atoms with E-state index in [1.54, 1.807) is 30.1 Å². The van der Waals surface area contributed by atoms with E-state index in [0.717, 1.165) is 16.8 Å². The molecule has 0 radical (unpaired) electrons. The number of benzene rings is 2. The average Bonchev–Trinajstić information content (AvgIpc) is 2.63. The summed E-state index contributed by atoms with van der Waals surface area (Å²) in [6.45, 7) is 6.49. The second-order valence-electron chi connectivity index (χ2n) is 6.37. The number of amides is 1. The minimum Gasteiger partial charge on any atom is -0.342 e. The van der Waals surface area contributed by atoms with Gasteiger partial charge in [-0.1, -0.05) is 12.1 Å². The van der Waals surface area contributed by atoms with Crippen LogP contribution in [0.5, 0.6) is 0 Å². The van der Waals surface area contributed by atoms with Crippen LogP contribution in [-0.2, 0) is 0 Å². The van der Waals surface area contributed by atoms with Crippen molar-refractivity contribution in [2.45, 2.75) is 20.8 Å². The van der Waals surface area contributed by atoms with Crippen LogP contribution in [0.1, 0.15) is 28.4 Å². The molecule has 1 amide bonds. The van der Waals surface area contributed by atoms with Crippen LogP contribution >= 0.6 is 12.2 Å². The monoisotopic (exact) mass is 367 g/mol. The SMILES string of the molecule is CCN(C)C(=O)c1ccc2c(=O)n(-c3cccc(C)c3C)c(=S)[nH]c2c1. The van der Waals surface area contributed by atoms with Crippen LogP contribution in [0, 0.1) is 18.6 Å². The van der Waals surface area contributed by atoms with Crippen molar-refractivity contribution in [1.82, 2.24) is 14.5 Å². The fraction of sp³-hybridized carbons (Fsp3) is 0.250. The Bertz CT molecular complexity index is 1130. The van der Waals surface area contributed by atoms with Crippen molar-refractivity contribution in [3.8, 4) is 5.69 Å². The third kappa shape index (κ3) is 2.97. The summed E-state index contributed by atoms with van der Waals surface area (Å²) >= 11 is 5.45. The fourth-order valence-corrected chi connectivity index (χ4v) is 3.20. The zero-order valence-corrected chi connectivity index (χ0v) is 16.1. The van der Waals surface area contributed by atoms with Crippen LogP contribution in [0.25, 0.3) is 16.6 Å². The summed E-state index contributed by atoms with van der Waals surface area (Å²) in [4.78, 5) is 30.1. The molecule has 1 N–H and O–H groups in total. The smallest absolute Gasteiger partial charge is 0.266 e. The topological polar surface area (TPSA) is 58.1 Å². The molecule has 5 nitrogen and oxygen atoms in total. The molecule has 0 saturated heterocycles. The second kappa shape index (κ2) is 6.88. The highest BCUT2D eigenvalue weighted by Gasteiger charge is 2.14. The maximum Gasteiger partial charge on any atom is 0.266 e. The van der Waals surface area contributed by atoms with E-state index in [1.165, 1.54) is 4.57 Å². The molecule has 0 aliphatic carbocycles. The average molecular weight is 367 g/mol. The molecule has 26 heavy (non-hydrogen) atoms. The zero-order valence-electron chi connectivity index (χ0n) is 15.3. The van der Waals surface area contributed by atoms with Crippen molar-refractivity contribution in [3.63, 3.8) is 0 Å². The third-order valence-corrected chi connectivity index (χ3v) is 5.07. The molecule has 0 saturated carbocycles. The highest BCUT2D eigenvalue weighted by atomic mass is 32.1. The van der Waals surface area contributed by atoms with E-state index < -0.39 is 0 Å². The van der Waals surface area contributed by atoms with E-state index in [9.17, 15) is 9.59 Å². The van der Waals surface area contributed by atoms with Gasteiger partial charge in [0.25, 0.3) is 11.5 Å². The molecule has 6 heteroatoms. The van der Waals surface area contributed by atoms with E-state index in [1.807, 2.05) is 39.0 Å². The van der Waals surface area contributed by atoms with Crippen molar-refractivity contribution in [2.75, 3.05) is 13.6 Å². The highest BCUT2D eigenvalue weighted by Crippen LogP contribution is 2.18. The Balaban J connectivity index is 2.24. The molecule has 0 spiro atoms. The molecule has 0 aliphatic rings. The summed E-state index contributed by atoms with van der Waals surface area (Å²) in [5.41, 5.74) is 3.76. The molecular weight excluding hydrogens is 346 g/mol. The van der Waals surface area contributed by atoms with Crippen LogP contribution in [0.15, 0.2) is 41.2 Å². The minimum atomic E-state index is -0.194. The van der Waals surface area contributed by atoms with E-state index >= 15 is 0 Å². The minimum absolute atomic E-state index is 0.0903. The van der Waals surface area contributed by atoms with Gasteiger partial charge in [-0.05, 0) is 68.4 Å². The predicted molar refractivity (Wildman–Crippen MR) is 107 cm³/mol. The molecule has 1 aromatic heterocycles. The molecule has 2 aromatic carbocycles. The van der Waals surface area contributed by atoms with Gasteiger partial charge < -0.3 is 9.88 Å². The van der Waals surface area contributed by atoms with Crippen LogP contribution < -0.4 is 5.56 Å². The van der Waals surface area contributed by atoms with Crippen molar-refractivity contribution in [3.05, 3.63) is 68.2 Å². The first-order valence-corrected chi connectivity index (χ1v) is 8.87. The third-order valence-electron chi connectivity index (χ3n) is 4.78. The summed E-state index contributed by atoms with van der Waals surface area (Å²) in [7, 11) is 1.74. The van der Waals surface area contributed by atoms with Crippen LogP contribution in [0.3, 0.4) is 0 Å². The lowest BCUT2D eigenvalue weighted by molar-refractivity contribution is 0.0802. The number of carbonyl (C=O) groups excluding carboxylic acids is 1. The van der Waals surface area contributed by atoms with Crippen LogP contribution in [0.4, 0.5) is 0 Å². The lowest BCUT2D eigenvalue weighted by atomic mass is 10.1. The van der Waals surface area contributed by atoms with Gasteiger partial charge in [-0.15, -0.1) is 0 Å². The number of hydrogen-bond donors (Lipinski definition) is 1. The van der Waals surface area contributed by atoms with Crippen molar-refractivity contribution >= 4 is 29.0 Å². The Kier molecular flexibility index (Phi) is 4.78. The molecule has 0 atom stereocenters. The summed E-state index contributed by atoms with van der Waals surface area (Å²) in [6, 6.07) is 10.8. The summed E-state index contributed by atoms with van der Waals surface area (Å²) in [6.07, 6.45) is 0. The Hall–Kier alpha value is -2.73. The van der Waals surface area contributed by atoms with Crippen molar-refractivity contribution in [2.24, 2.45) is 0 Å². The number of rotatable bonds is 3. The second-order valence-corrected chi connectivity index (χ2v) is 6.76. The van der Waals surface area contributed by atoms with E-state index in [-0.39, 0.29) is 11.5 Å². The van der Waals surface area contributed by atoms with Gasteiger partial charge in [0.15, 0.2) is 4.77 Å². The maximum absolute atomic E-state index is 13.1. The molecule has 1 heterocycles. The molecular formula is C20H21N3O2S. The molecule has 0 bridgehead atoms. The summed E-state index contributed by atoms with van der Waals surface area (Å²) in [5.74, 6) is -0.0903. The Morgan fingerprint density at radius 1 is 1.23 bits per heavy atom. The van der Waals surface area contributed by atoms with Gasteiger partial charge in [-0.25, -0.2) is 0 Å². The van der Waals surface area contributed by atoms with E-state index in [4.69, 9.17) is 12.2 Å². The number of aromatic amines is 1. The van der Waals surface area contributed by atoms with E-state index in [0.29, 0.717) is 27.8 Å². The Morgan fingerprint density at radius 3 is 2.65 bits per heavy atom. The van der Waals surface area contributed by atoms with Gasteiger partial charge in [-0.3, -0.25) is 14.2 Å². The number of nitrogens with zero attached hydrogens (tertiary/aromatic N) is 2. The summed E-state index contributed by atoms with van der Waals surface area (Å²) in [5, 5.41) is 0.496. The lowest BCUT2D eigenvalue weighted by Crippen LogP contribution is -2.26. The van der Waals surface area contributed by atoms with Gasteiger partial charge in [0.1, 0.15) is 0 Å². The fourth-order valence-electron chi connectivity index (χ4n) is 2.91. The van der Waals surface area contributed by atoms with Gasteiger partial charge in [0.2, 0.25) is 0 Å². The first-order chi connectivity index (χ1) is 12.3. The molecule has 3 rings (SSSR count). The summed E-state index contributed by atoms with van der Waals surface area (Å²) < 4.78 is 1.82. The Labute approximate surface area is 156 Å². The maximum atomic E-state index is 13.1. The van der Waals surface area contributed by atoms with Crippen molar-refractivity contribution < 1.29 is 4.79 Å². The first-order valence-electron chi connectivity index (χ1n) is 8.46. The molecule has 134 valence electrons. The number of nitrogens with one attached hydrogen (secondary N) is 1. The van der Waals surface area contributed by atoms with Crippen LogP contribution in [-0.4, -0.2) is 34.0 Å². The standard InChI is InChI=1S/C20H21N3O2S/c1-5-22(4)18(24)14-9-10-15-16(11-14)21-20(26)23(19(15)25)17-8-6-7-12(2)13(17)3/h6-11H,5H2,1-4H3,(H,21,26). The quantitative estimate of drug-likeness (QED) is 0.717. The number of hydrogen-bond acceptors (Lipinski definition) is 3. The molecule has 0 unspecified atom stereocenters. The number of H-pyrrole nitrogens is 1. The number of aryl methyl sites for hydroxylation is 1. The van der Waals surface area contributed by atoms with Crippen molar-refractivity contribution in [1.29, 1.82) is 0 Å². The van der Waals surface area contributed by atoms with Crippen LogP contribution in [0.2, 0.25) is 0 Å². The van der Waals surface area contributed by atoms with Gasteiger partial charge in [-0.2, -0.15) is 0 Å². The van der Waals surface area contributed by atoms with E-state index in [2.05, 4.69) is 4.98 Å². The Morgan fingerprint density at radius 2 is 1.96 bits per heavy atom. The number of carbonyl (C=O) groups is 1. The largest absolute Gasteiger partial charge is 0.342 e. The number of aromatic nitrogens is 2. The first kappa shape index (κ1) is 18.1. The van der Waals surface area contributed by atoms with Gasteiger partial charge >= 0.3 is 0 Å². The highest BCUT2D eigenvalue weighted by molar-refractivity contribution is 7.71. The molecule has 0 aliphatic heterocycles. The normalized spacial score (nSPS) is 10.9. The zero-order chi connectivity index (χ0) is 19.0. The van der Waals surface area contributed by atoms with Gasteiger partial charge in [0, 0.05) is 19.2 Å². The molecule has 3 aromatic rings. The molecule has 0 fully saturated rings. The number of fused-ring (bicyclic) bond motifs is 1. The predicted octanol–water partition coefficient (Wildman–Crippen LogP) is 3.76. The lowest BCUT2D eigenvalue weighted by Gasteiger charge is -2.15. The van der Waals surface area contributed by atoms with Gasteiger partial charge in [0.05, 0.1) is 16.6 Å².